The number of aryl methyl sites for hydroxylation is 2. The van der Waals surface area contributed by atoms with Crippen LogP contribution < -0.4 is 10.6 Å². The molecule has 1 aromatic carbocycles. The highest BCUT2D eigenvalue weighted by Crippen LogP contribution is 2.16. The number of carbonyl (C=O) groups is 2. The number of hydrogen-bond donors (Lipinski definition) is 4. The third-order valence-corrected chi connectivity index (χ3v) is 2.66. The number of anilines is 1. The zero-order chi connectivity index (χ0) is 14.4. The van der Waals surface area contributed by atoms with E-state index < -0.39 is 18.0 Å². The van der Waals surface area contributed by atoms with E-state index in [2.05, 4.69) is 10.6 Å². The van der Waals surface area contributed by atoms with E-state index >= 15 is 0 Å². The van der Waals surface area contributed by atoms with Crippen LogP contribution >= 0.6 is 0 Å². The van der Waals surface area contributed by atoms with Crippen LogP contribution in [-0.4, -0.2) is 34.9 Å². The molecule has 4 N–H and O–H groups in total. The minimum atomic E-state index is -1.18. The third-order valence-electron chi connectivity index (χ3n) is 2.66. The first-order valence-electron chi connectivity index (χ1n) is 5.92. The highest BCUT2D eigenvalue weighted by atomic mass is 16.4. The molecule has 6 nitrogen and oxygen atoms in total. The number of carboxylic acid groups (broad SMARTS) is 1. The Balaban J connectivity index is 2.68. The first-order valence-corrected chi connectivity index (χ1v) is 5.92. The molecule has 0 saturated carbocycles. The standard InChI is InChI=1S/C13H18N2O4/c1-8-3-4-9(2)11(7-8)15-13(19)14-10(5-6-16)12(17)18/h3-4,7,10,16H,5-6H2,1-2H3,(H,17,18)(H2,14,15,19). The molecule has 0 fully saturated rings. The molecular formula is C13H18N2O4. The van der Waals surface area contributed by atoms with Crippen molar-refractivity contribution in [1.29, 1.82) is 0 Å². The number of aliphatic carboxylic acids is 1. The third kappa shape index (κ3) is 4.59. The number of aliphatic hydroxyl groups is 1. The number of hydrogen-bond acceptors (Lipinski definition) is 3. The van der Waals surface area contributed by atoms with Gasteiger partial charge in [-0.3, -0.25) is 0 Å². The van der Waals surface area contributed by atoms with Crippen LogP contribution in [0.15, 0.2) is 18.2 Å². The van der Waals surface area contributed by atoms with E-state index in [9.17, 15) is 9.59 Å². The Kier molecular flexibility index (Phi) is 5.32. The quantitative estimate of drug-likeness (QED) is 0.644. The van der Waals surface area contributed by atoms with E-state index in [-0.39, 0.29) is 13.0 Å². The average molecular weight is 266 g/mol. The summed E-state index contributed by atoms with van der Waals surface area (Å²) in [5.41, 5.74) is 2.51. The van der Waals surface area contributed by atoms with Gasteiger partial charge >= 0.3 is 12.0 Å². The number of rotatable bonds is 5. The van der Waals surface area contributed by atoms with Gasteiger partial charge in [-0.1, -0.05) is 12.1 Å². The molecule has 1 atom stereocenters. The highest BCUT2D eigenvalue weighted by Gasteiger charge is 2.19. The maximum Gasteiger partial charge on any atom is 0.326 e. The minimum absolute atomic E-state index is 0.0322. The van der Waals surface area contributed by atoms with Gasteiger partial charge in [0, 0.05) is 18.7 Å². The van der Waals surface area contributed by atoms with Crippen molar-refractivity contribution < 1.29 is 19.8 Å². The summed E-state index contributed by atoms with van der Waals surface area (Å²) >= 11 is 0. The molecule has 0 bridgehead atoms. The van der Waals surface area contributed by atoms with Crippen molar-refractivity contribution in [2.24, 2.45) is 0 Å². The van der Waals surface area contributed by atoms with E-state index in [1.165, 1.54) is 0 Å². The van der Waals surface area contributed by atoms with Gasteiger partial charge in [-0.05, 0) is 31.0 Å². The molecule has 0 saturated heterocycles. The lowest BCUT2D eigenvalue weighted by Crippen LogP contribution is -2.43. The summed E-state index contributed by atoms with van der Waals surface area (Å²) in [7, 11) is 0. The Morgan fingerprint density at radius 3 is 2.58 bits per heavy atom. The van der Waals surface area contributed by atoms with Crippen molar-refractivity contribution in [3.63, 3.8) is 0 Å². The predicted octanol–water partition coefficient (Wildman–Crippen LogP) is 1.26. The zero-order valence-electron chi connectivity index (χ0n) is 10.9. The lowest BCUT2D eigenvalue weighted by Gasteiger charge is -2.15. The largest absolute Gasteiger partial charge is 0.480 e. The van der Waals surface area contributed by atoms with E-state index in [4.69, 9.17) is 10.2 Å². The number of amides is 2. The normalized spacial score (nSPS) is 11.7. The van der Waals surface area contributed by atoms with Crippen LogP contribution in [0, 0.1) is 13.8 Å². The number of carboxylic acids is 1. The number of urea groups is 1. The van der Waals surface area contributed by atoms with Crippen molar-refractivity contribution in [2.75, 3.05) is 11.9 Å². The first kappa shape index (κ1) is 15.0. The van der Waals surface area contributed by atoms with E-state index in [1.807, 2.05) is 26.0 Å². The maximum absolute atomic E-state index is 11.7. The van der Waals surface area contributed by atoms with E-state index in [0.717, 1.165) is 11.1 Å². The van der Waals surface area contributed by atoms with Gasteiger partial charge in [-0.15, -0.1) is 0 Å². The zero-order valence-corrected chi connectivity index (χ0v) is 10.9. The van der Waals surface area contributed by atoms with Crippen molar-refractivity contribution in [3.05, 3.63) is 29.3 Å². The molecule has 2 amide bonds. The molecule has 1 aromatic rings. The van der Waals surface area contributed by atoms with Crippen LogP contribution in [0.4, 0.5) is 10.5 Å². The molecule has 0 aliphatic rings. The van der Waals surface area contributed by atoms with Crippen LogP contribution in [0.25, 0.3) is 0 Å². The second-order valence-corrected chi connectivity index (χ2v) is 4.32. The molecule has 104 valence electrons. The van der Waals surface area contributed by atoms with Crippen molar-refractivity contribution in [1.82, 2.24) is 5.32 Å². The first-order chi connectivity index (χ1) is 8.93. The Hall–Kier alpha value is -2.08. The molecule has 1 rings (SSSR count). The van der Waals surface area contributed by atoms with Crippen LogP contribution in [0.5, 0.6) is 0 Å². The van der Waals surface area contributed by atoms with Crippen molar-refractivity contribution in [2.45, 2.75) is 26.3 Å². The Morgan fingerprint density at radius 2 is 2.00 bits per heavy atom. The lowest BCUT2D eigenvalue weighted by molar-refractivity contribution is -0.139. The number of aliphatic hydroxyl groups excluding tert-OH is 1. The summed E-state index contributed by atoms with van der Waals surface area (Å²) in [4.78, 5) is 22.5. The van der Waals surface area contributed by atoms with Crippen LogP contribution in [0.2, 0.25) is 0 Å². The van der Waals surface area contributed by atoms with Gasteiger partial charge in [0.05, 0.1) is 0 Å². The number of nitrogens with one attached hydrogen (secondary N) is 2. The Morgan fingerprint density at radius 1 is 1.32 bits per heavy atom. The maximum atomic E-state index is 11.7. The smallest absolute Gasteiger partial charge is 0.326 e. The molecule has 19 heavy (non-hydrogen) atoms. The van der Waals surface area contributed by atoms with Gasteiger partial charge in [0.25, 0.3) is 0 Å². The Bertz CT molecular complexity index is 474. The van der Waals surface area contributed by atoms with Gasteiger partial charge < -0.3 is 20.8 Å². The summed E-state index contributed by atoms with van der Waals surface area (Å²) < 4.78 is 0. The lowest BCUT2D eigenvalue weighted by atomic mass is 10.1. The summed E-state index contributed by atoms with van der Waals surface area (Å²) in [6.07, 6.45) is -0.0322. The highest BCUT2D eigenvalue weighted by molar-refractivity contribution is 5.92. The topological polar surface area (TPSA) is 98.7 Å². The predicted molar refractivity (Wildman–Crippen MR) is 71.2 cm³/mol. The summed E-state index contributed by atoms with van der Waals surface area (Å²) in [6, 6.07) is 3.89. The molecule has 0 spiro atoms. The van der Waals surface area contributed by atoms with Gasteiger partial charge in [-0.2, -0.15) is 0 Å². The van der Waals surface area contributed by atoms with E-state index in [0.29, 0.717) is 5.69 Å². The fraction of sp³-hybridized carbons (Fsp3) is 0.385. The van der Waals surface area contributed by atoms with Crippen molar-refractivity contribution in [3.8, 4) is 0 Å². The molecule has 0 aliphatic heterocycles. The number of benzene rings is 1. The number of carbonyl (C=O) groups excluding carboxylic acids is 1. The average Bonchev–Trinajstić information content (AvgIpc) is 2.33. The molecule has 6 heteroatoms. The molecular weight excluding hydrogens is 248 g/mol. The van der Waals surface area contributed by atoms with Gasteiger partial charge in [0.1, 0.15) is 6.04 Å². The summed E-state index contributed by atoms with van der Waals surface area (Å²) in [6.45, 7) is 3.44. The minimum Gasteiger partial charge on any atom is -0.480 e. The monoisotopic (exact) mass is 266 g/mol. The summed E-state index contributed by atoms with van der Waals surface area (Å²) in [5.74, 6) is -1.18. The molecule has 0 aliphatic carbocycles. The molecule has 0 aromatic heterocycles. The van der Waals surface area contributed by atoms with Crippen LogP contribution in [0.1, 0.15) is 17.5 Å². The van der Waals surface area contributed by atoms with Crippen molar-refractivity contribution >= 4 is 17.7 Å². The van der Waals surface area contributed by atoms with Crippen LogP contribution in [0.3, 0.4) is 0 Å². The van der Waals surface area contributed by atoms with E-state index in [1.54, 1.807) is 6.07 Å². The molecule has 0 radical (unpaired) electrons. The van der Waals surface area contributed by atoms with Crippen LogP contribution in [-0.2, 0) is 4.79 Å². The van der Waals surface area contributed by atoms with Gasteiger partial charge in [0.2, 0.25) is 0 Å². The second kappa shape index (κ2) is 6.75. The van der Waals surface area contributed by atoms with Gasteiger partial charge in [-0.25, -0.2) is 9.59 Å². The molecule has 1 unspecified atom stereocenters. The fourth-order valence-corrected chi connectivity index (χ4v) is 1.57. The second-order valence-electron chi connectivity index (χ2n) is 4.32. The molecule has 0 heterocycles. The Labute approximate surface area is 111 Å². The summed E-state index contributed by atoms with van der Waals surface area (Å²) in [5, 5.41) is 22.5. The fourth-order valence-electron chi connectivity index (χ4n) is 1.57. The SMILES string of the molecule is Cc1ccc(C)c(NC(=O)NC(CCO)C(=O)O)c1. The van der Waals surface area contributed by atoms with Gasteiger partial charge in [0.15, 0.2) is 0 Å².